The van der Waals surface area contributed by atoms with Gasteiger partial charge in [-0.25, -0.2) is 4.79 Å². The number of esters is 1. The number of rotatable bonds is 5. The van der Waals surface area contributed by atoms with Crippen molar-refractivity contribution in [3.05, 3.63) is 65.7 Å². The van der Waals surface area contributed by atoms with Crippen molar-refractivity contribution in [2.75, 3.05) is 11.4 Å². The molecule has 1 heterocycles. The van der Waals surface area contributed by atoms with Crippen LogP contribution in [0.3, 0.4) is 0 Å². The lowest BCUT2D eigenvalue weighted by Gasteiger charge is -2.17. The van der Waals surface area contributed by atoms with Gasteiger partial charge in [0.15, 0.2) is 0 Å². The summed E-state index contributed by atoms with van der Waals surface area (Å²) in [6.45, 7) is 2.73. The molecule has 0 radical (unpaired) electrons. The molecule has 0 aliphatic carbocycles. The van der Waals surface area contributed by atoms with E-state index in [1.165, 1.54) is 0 Å². The normalized spacial score (nSPS) is 16.3. The summed E-state index contributed by atoms with van der Waals surface area (Å²) in [6.07, 6.45) is 1.07. The molecule has 1 unspecified atom stereocenters. The predicted octanol–water partition coefficient (Wildman–Crippen LogP) is 3.73. The van der Waals surface area contributed by atoms with Crippen molar-refractivity contribution >= 4 is 17.6 Å². The minimum Gasteiger partial charge on any atom is -0.444 e. The standard InChI is InChI=1S/C19H19NO3/c1-2-3-13-20-16-12-8-7-11-15(16)17(18(20)21)23-19(22)14-9-5-4-6-10-14/h4-12,17H,2-3,13H2,1H3. The van der Waals surface area contributed by atoms with E-state index in [-0.39, 0.29) is 5.91 Å². The van der Waals surface area contributed by atoms with E-state index in [2.05, 4.69) is 6.92 Å². The Kier molecular flexibility index (Phi) is 4.42. The number of unbranched alkanes of at least 4 members (excludes halogenated alkanes) is 1. The van der Waals surface area contributed by atoms with Gasteiger partial charge in [-0.2, -0.15) is 0 Å². The van der Waals surface area contributed by atoms with E-state index in [0.29, 0.717) is 12.1 Å². The number of fused-ring (bicyclic) bond motifs is 1. The highest BCUT2D eigenvalue weighted by atomic mass is 16.5. The molecule has 4 nitrogen and oxygen atoms in total. The molecule has 2 aromatic rings. The molecule has 1 aliphatic heterocycles. The van der Waals surface area contributed by atoms with Crippen LogP contribution >= 0.6 is 0 Å². The van der Waals surface area contributed by atoms with Gasteiger partial charge in [0.05, 0.1) is 11.3 Å². The number of para-hydroxylation sites is 1. The average molecular weight is 309 g/mol. The third-order valence-corrected chi connectivity index (χ3v) is 3.97. The molecular formula is C19H19NO3. The molecule has 118 valence electrons. The number of hydrogen-bond donors (Lipinski definition) is 0. The Morgan fingerprint density at radius 2 is 1.78 bits per heavy atom. The zero-order valence-corrected chi connectivity index (χ0v) is 13.1. The molecule has 0 aromatic heterocycles. The van der Waals surface area contributed by atoms with Crippen LogP contribution < -0.4 is 4.90 Å². The van der Waals surface area contributed by atoms with Crippen molar-refractivity contribution in [3.8, 4) is 0 Å². The van der Waals surface area contributed by atoms with Crippen molar-refractivity contribution in [1.82, 2.24) is 0 Å². The van der Waals surface area contributed by atoms with Crippen LogP contribution in [0.1, 0.15) is 41.8 Å². The second-order valence-electron chi connectivity index (χ2n) is 5.55. The smallest absolute Gasteiger partial charge is 0.339 e. The molecule has 1 amide bonds. The number of anilines is 1. The van der Waals surface area contributed by atoms with E-state index in [9.17, 15) is 9.59 Å². The maximum atomic E-state index is 12.7. The number of carbonyl (C=O) groups is 2. The van der Waals surface area contributed by atoms with Crippen LogP contribution in [0.25, 0.3) is 0 Å². The molecule has 0 saturated heterocycles. The summed E-state index contributed by atoms with van der Waals surface area (Å²) in [5, 5.41) is 0. The molecule has 1 atom stereocenters. The van der Waals surface area contributed by atoms with E-state index in [0.717, 1.165) is 24.1 Å². The van der Waals surface area contributed by atoms with Gasteiger partial charge >= 0.3 is 5.97 Å². The number of nitrogens with zero attached hydrogens (tertiary/aromatic N) is 1. The van der Waals surface area contributed by atoms with Gasteiger partial charge in [-0.05, 0) is 24.6 Å². The second kappa shape index (κ2) is 6.65. The van der Waals surface area contributed by atoms with Crippen LogP contribution in [0.5, 0.6) is 0 Å². The van der Waals surface area contributed by atoms with Crippen molar-refractivity contribution in [2.45, 2.75) is 25.9 Å². The Balaban J connectivity index is 1.85. The summed E-state index contributed by atoms with van der Waals surface area (Å²) in [7, 11) is 0. The molecule has 1 aliphatic rings. The topological polar surface area (TPSA) is 46.6 Å². The number of ether oxygens (including phenoxy) is 1. The Labute approximate surface area is 135 Å². The lowest BCUT2D eigenvalue weighted by atomic mass is 10.1. The minimum atomic E-state index is -0.851. The van der Waals surface area contributed by atoms with Gasteiger partial charge < -0.3 is 9.64 Å². The van der Waals surface area contributed by atoms with Crippen molar-refractivity contribution in [3.63, 3.8) is 0 Å². The van der Waals surface area contributed by atoms with Crippen LogP contribution in [0, 0.1) is 0 Å². The van der Waals surface area contributed by atoms with Gasteiger partial charge in [0, 0.05) is 12.1 Å². The van der Waals surface area contributed by atoms with Gasteiger partial charge in [0.25, 0.3) is 5.91 Å². The molecule has 0 fully saturated rings. The minimum absolute atomic E-state index is 0.163. The van der Waals surface area contributed by atoms with Crippen LogP contribution in [-0.2, 0) is 9.53 Å². The van der Waals surface area contributed by atoms with Gasteiger partial charge in [-0.1, -0.05) is 49.7 Å². The zero-order chi connectivity index (χ0) is 16.2. The molecule has 0 spiro atoms. The fourth-order valence-corrected chi connectivity index (χ4v) is 2.76. The summed E-state index contributed by atoms with van der Waals surface area (Å²) < 4.78 is 5.52. The average Bonchev–Trinajstić information content (AvgIpc) is 2.86. The fraction of sp³-hybridized carbons (Fsp3) is 0.263. The first-order valence-electron chi connectivity index (χ1n) is 7.88. The van der Waals surface area contributed by atoms with Crippen molar-refractivity contribution < 1.29 is 14.3 Å². The number of amides is 1. The monoisotopic (exact) mass is 309 g/mol. The first-order chi connectivity index (χ1) is 11.2. The summed E-state index contributed by atoms with van der Waals surface area (Å²) in [6, 6.07) is 16.3. The Hall–Kier alpha value is -2.62. The van der Waals surface area contributed by atoms with Gasteiger partial charge in [0.2, 0.25) is 6.10 Å². The highest BCUT2D eigenvalue weighted by Crippen LogP contribution is 2.38. The molecule has 4 heteroatoms. The van der Waals surface area contributed by atoms with Crippen LogP contribution in [0.15, 0.2) is 54.6 Å². The lowest BCUT2D eigenvalue weighted by molar-refractivity contribution is -0.126. The highest BCUT2D eigenvalue weighted by molar-refractivity contribution is 6.05. The Morgan fingerprint density at radius 1 is 1.09 bits per heavy atom. The third kappa shape index (κ3) is 2.97. The summed E-state index contributed by atoms with van der Waals surface area (Å²) in [5.41, 5.74) is 2.06. The number of benzene rings is 2. The largest absolute Gasteiger partial charge is 0.444 e. The number of carbonyl (C=O) groups excluding carboxylic acids is 2. The van der Waals surface area contributed by atoms with E-state index >= 15 is 0 Å². The molecule has 23 heavy (non-hydrogen) atoms. The number of hydrogen-bond acceptors (Lipinski definition) is 3. The van der Waals surface area contributed by atoms with Crippen LogP contribution in [-0.4, -0.2) is 18.4 Å². The van der Waals surface area contributed by atoms with E-state index < -0.39 is 12.1 Å². The summed E-state index contributed by atoms with van der Waals surface area (Å²) >= 11 is 0. The van der Waals surface area contributed by atoms with Crippen LogP contribution in [0.4, 0.5) is 5.69 Å². The van der Waals surface area contributed by atoms with Gasteiger partial charge in [0.1, 0.15) is 0 Å². The van der Waals surface area contributed by atoms with Crippen molar-refractivity contribution in [1.29, 1.82) is 0 Å². The quantitative estimate of drug-likeness (QED) is 0.791. The first-order valence-corrected chi connectivity index (χ1v) is 7.88. The molecule has 0 N–H and O–H groups in total. The Bertz CT molecular complexity index is 712. The lowest BCUT2D eigenvalue weighted by Crippen LogP contribution is -2.31. The molecule has 0 bridgehead atoms. The molecule has 2 aromatic carbocycles. The van der Waals surface area contributed by atoms with Gasteiger partial charge in [-0.15, -0.1) is 0 Å². The predicted molar refractivity (Wildman–Crippen MR) is 88.3 cm³/mol. The van der Waals surface area contributed by atoms with Gasteiger partial charge in [-0.3, -0.25) is 4.79 Å². The van der Waals surface area contributed by atoms with E-state index in [4.69, 9.17) is 4.74 Å². The highest BCUT2D eigenvalue weighted by Gasteiger charge is 2.39. The van der Waals surface area contributed by atoms with Crippen molar-refractivity contribution in [2.24, 2.45) is 0 Å². The molecule has 3 rings (SSSR count). The summed E-state index contributed by atoms with van der Waals surface area (Å²) in [4.78, 5) is 26.7. The second-order valence-corrected chi connectivity index (χ2v) is 5.55. The molecular weight excluding hydrogens is 290 g/mol. The Morgan fingerprint density at radius 3 is 2.52 bits per heavy atom. The zero-order valence-electron chi connectivity index (χ0n) is 13.1. The summed E-state index contributed by atoms with van der Waals surface area (Å²) in [5.74, 6) is -0.639. The molecule has 0 saturated carbocycles. The first kappa shape index (κ1) is 15.3. The maximum absolute atomic E-state index is 12.7. The third-order valence-electron chi connectivity index (χ3n) is 3.97. The van der Waals surface area contributed by atoms with E-state index in [1.54, 1.807) is 29.2 Å². The maximum Gasteiger partial charge on any atom is 0.339 e. The van der Waals surface area contributed by atoms with E-state index in [1.807, 2.05) is 30.3 Å². The van der Waals surface area contributed by atoms with Crippen LogP contribution in [0.2, 0.25) is 0 Å². The SMILES string of the molecule is CCCCN1C(=O)C(OC(=O)c2ccccc2)c2ccccc21. The fourth-order valence-electron chi connectivity index (χ4n) is 2.76.